The Kier molecular flexibility index (Phi) is 4.98. The van der Waals surface area contributed by atoms with Crippen LogP contribution in [0, 0.1) is 0 Å². The van der Waals surface area contributed by atoms with E-state index in [0.29, 0.717) is 11.8 Å². The van der Waals surface area contributed by atoms with E-state index in [0.717, 1.165) is 5.52 Å². The number of hydrogen-bond acceptors (Lipinski definition) is 1. The van der Waals surface area contributed by atoms with Crippen molar-refractivity contribution in [3.63, 3.8) is 0 Å². The maximum absolute atomic E-state index is 5.60. The van der Waals surface area contributed by atoms with Gasteiger partial charge in [0.1, 0.15) is 0 Å². The van der Waals surface area contributed by atoms with Crippen LogP contribution in [0.2, 0.25) is 0 Å². The van der Waals surface area contributed by atoms with Gasteiger partial charge in [0.15, 0.2) is 0 Å². The van der Waals surface area contributed by atoms with E-state index in [4.69, 9.17) is 4.98 Å². The molecule has 2 aliphatic carbocycles. The molecule has 1 fully saturated rings. The molecule has 194 valence electrons. The maximum atomic E-state index is 5.60. The summed E-state index contributed by atoms with van der Waals surface area (Å²) in [5.74, 6) is 1.24. The number of aromatic nitrogens is 1. The van der Waals surface area contributed by atoms with E-state index >= 15 is 0 Å². The van der Waals surface area contributed by atoms with Crippen LogP contribution in [0.1, 0.15) is 42.2 Å². The van der Waals surface area contributed by atoms with Crippen LogP contribution in [0.3, 0.4) is 0 Å². The number of fused-ring (bicyclic) bond motifs is 12. The van der Waals surface area contributed by atoms with Gasteiger partial charge in [-0.2, -0.15) is 0 Å². The average molecular weight is 524 g/mol. The van der Waals surface area contributed by atoms with Gasteiger partial charge in [-0.25, -0.2) is 4.98 Å². The molecule has 2 unspecified atom stereocenters. The van der Waals surface area contributed by atoms with Gasteiger partial charge in [-0.1, -0.05) is 121 Å². The van der Waals surface area contributed by atoms with Crippen LogP contribution in [-0.4, -0.2) is 4.98 Å². The molecule has 2 bridgehead atoms. The Morgan fingerprint density at radius 3 is 1.73 bits per heavy atom. The van der Waals surface area contributed by atoms with Gasteiger partial charge in [0.2, 0.25) is 0 Å². The zero-order chi connectivity index (χ0) is 26.9. The fraction of sp³-hybridized carbons (Fsp3) is 0.125. The van der Waals surface area contributed by atoms with Gasteiger partial charge in [-0.15, -0.1) is 0 Å². The summed E-state index contributed by atoms with van der Waals surface area (Å²) in [6.07, 6.45) is 3.84. The molecule has 0 radical (unpaired) electrons. The van der Waals surface area contributed by atoms with Crippen LogP contribution in [0.15, 0.2) is 127 Å². The minimum atomic E-state index is 0.612. The molecule has 1 heterocycles. The summed E-state index contributed by atoms with van der Waals surface area (Å²) >= 11 is 0. The molecule has 41 heavy (non-hydrogen) atoms. The van der Waals surface area contributed by atoms with Crippen LogP contribution in [0.5, 0.6) is 0 Å². The first-order valence-corrected chi connectivity index (χ1v) is 14.9. The standard InChI is InChI=1S/C40H29N/c1-3-9-25(10-4-1)27-15-17-28(18-16-27)39-37-31-20-19-30(23-31)36(37)38-33-22-21-29(26-11-5-2-6-12-26)24-35(33)32-13-7-8-14-34(32)40(38)41-39/h1-18,21-22,24,30-31H,19-20,23H2. The first kappa shape index (κ1) is 23.0. The highest BCUT2D eigenvalue weighted by atomic mass is 14.7. The average Bonchev–Trinajstić information content (AvgIpc) is 3.68. The second-order valence-corrected chi connectivity index (χ2v) is 11.8. The minimum absolute atomic E-state index is 0.612. The summed E-state index contributed by atoms with van der Waals surface area (Å²) in [7, 11) is 0. The molecular weight excluding hydrogens is 494 g/mol. The third kappa shape index (κ3) is 3.45. The maximum Gasteiger partial charge on any atom is 0.0797 e. The molecule has 2 aliphatic rings. The van der Waals surface area contributed by atoms with E-state index in [2.05, 4.69) is 127 Å². The SMILES string of the molecule is c1ccc(-c2ccc(-c3nc4c5ccccc5c5cc(-c6ccccc6)ccc5c4c4c3C3CCC4C3)cc2)cc1. The number of benzene rings is 6. The Morgan fingerprint density at radius 2 is 1.00 bits per heavy atom. The lowest BCUT2D eigenvalue weighted by atomic mass is 9.83. The lowest BCUT2D eigenvalue weighted by Crippen LogP contribution is -2.05. The molecule has 9 rings (SSSR count). The number of hydrogen-bond donors (Lipinski definition) is 0. The van der Waals surface area contributed by atoms with Gasteiger partial charge < -0.3 is 0 Å². The molecule has 1 heteroatoms. The predicted molar refractivity (Wildman–Crippen MR) is 172 cm³/mol. The molecule has 0 amide bonds. The molecule has 7 aromatic rings. The molecule has 1 aromatic heterocycles. The first-order chi connectivity index (χ1) is 20.3. The Balaban J connectivity index is 1.34. The highest BCUT2D eigenvalue weighted by Gasteiger charge is 2.41. The second-order valence-electron chi connectivity index (χ2n) is 11.8. The molecule has 0 aliphatic heterocycles. The zero-order valence-corrected chi connectivity index (χ0v) is 22.8. The Bertz CT molecular complexity index is 2110. The fourth-order valence-electron chi connectivity index (χ4n) is 7.82. The van der Waals surface area contributed by atoms with E-state index < -0.39 is 0 Å². The first-order valence-electron chi connectivity index (χ1n) is 14.9. The minimum Gasteiger partial charge on any atom is -0.247 e. The topological polar surface area (TPSA) is 12.9 Å². The molecule has 1 nitrogen and oxygen atoms in total. The summed E-state index contributed by atoms with van der Waals surface area (Å²) in [5, 5.41) is 6.62. The van der Waals surface area contributed by atoms with Crippen LogP contribution in [-0.2, 0) is 0 Å². The summed E-state index contributed by atoms with van der Waals surface area (Å²) in [6, 6.07) is 46.5. The summed E-state index contributed by atoms with van der Waals surface area (Å²) < 4.78 is 0. The summed E-state index contributed by atoms with van der Waals surface area (Å²) in [5.41, 5.74) is 11.7. The van der Waals surface area contributed by atoms with Crippen LogP contribution in [0.4, 0.5) is 0 Å². The molecule has 6 aromatic carbocycles. The molecule has 0 saturated heterocycles. The number of rotatable bonds is 3. The van der Waals surface area contributed by atoms with Crippen molar-refractivity contribution in [1.82, 2.24) is 4.98 Å². The van der Waals surface area contributed by atoms with Crippen molar-refractivity contribution in [2.24, 2.45) is 0 Å². The molecule has 0 N–H and O–H groups in total. The molecule has 1 saturated carbocycles. The fourth-order valence-corrected chi connectivity index (χ4v) is 7.82. The Morgan fingerprint density at radius 1 is 0.439 bits per heavy atom. The van der Waals surface area contributed by atoms with Crippen molar-refractivity contribution in [3.05, 3.63) is 139 Å². The second kappa shape index (κ2) is 8.88. The van der Waals surface area contributed by atoms with Crippen molar-refractivity contribution >= 4 is 32.4 Å². The van der Waals surface area contributed by atoms with E-state index in [9.17, 15) is 0 Å². The van der Waals surface area contributed by atoms with Gasteiger partial charge in [0.25, 0.3) is 0 Å². The monoisotopic (exact) mass is 523 g/mol. The summed E-state index contributed by atoms with van der Waals surface area (Å²) in [4.78, 5) is 5.60. The Labute approximate surface area is 240 Å². The third-order valence-corrected chi connectivity index (χ3v) is 9.66. The largest absolute Gasteiger partial charge is 0.247 e. The summed E-state index contributed by atoms with van der Waals surface area (Å²) in [6.45, 7) is 0. The van der Waals surface area contributed by atoms with E-state index in [1.54, 1.807) is 5.56 Å². The lowest BCUT2D eigenvalue weighted by Gasteiger charge is -2.23. The number of pyridine rings is 1. The van der Waals surface area contributed by atoms with Crippen molar-refractivity contribution in [2.75, 3.05) is 0 Å². The highest BCUT2D eigenvalue weighted by molar-refractivity contribution is 6.26. The van der Waals surface area contributed by atoms with Gasteiger partial charge in [-0.3, -0.25) is 0 Å². The normalized spacial score (nSPS) is 17.5. The lowest BCUT2D eigenvalue weighted by molar-refractivity contribution is 0.721. The van der Waals surface area contributed by atoms with Gasteiger partial charge in [-0.05, 0) is 86.7 Å². The van der Waals surface area contributed by atoms with E-state index in [-0.39, 0.29) is 0 Å². The predicted octanol–water partition coefficient (Wildman–Crippen LogP) is 10.9. The Hall–Kier alpha value is -4.75. The quantitative estimate of drug-likeness (QED) is 0.210. The zero-order valence-electron chi connectivity index (χ0n) is 22.8. The van der Waals surface area contributed by atoms with Crippen molar-refractivity contribution in [3.8, 4) is 33.5 Å². The van der Waals surface area contributed by atoms with Gasteiger partial charge in [0.05, 0.1) is 11.2 Å². The van der Waals surface area contributed by atoms with Gasteiger partial charge in [0, 0.05) is 16.3 Å². The molecule has 2 atom stereocenters. The van der Waals surface area contributed by atoms with Crippen molar-refractivity contribution in [2.45, 2.75) is 31.1 Å². The smallest absolute Gasteiger partial charge is 0.0797 e. The van der Waals surface area contributed by atoms with Crippen LogP contribution in [0.25, 0.3) is 66.0 Å². The molecular formula is C40H29N. The van der Waals surface area contributed by atoms with Gasteiger partial charge >= 0.3 is 0 Å². The van der Waals surface area contributed by atoms with E-state index in [1.165, 1.54) is 85.3 Å². The van der Waals surface area contributed by atoms with Crippen LogP contribution < -0.4 is 0 Å². The van der Waals surface area contributed by atoms with Crippen LogP contribution >= 0.6 is 0 Å². The van der Waals surface area contributed by atoms with Crippen molar-refractivity contribution < 1.29 is 0 Å². The van der Waals surface area contributed by atoms with Crippen molar-refractivity contribution in [1.29, 1.82) is 0 Å². The van der Waals surface area contributed by atoms with E-state index in [1.807, 2.05) is 0 Å². The number of nitrogens with zero attached hydrogens (tertiary/aromatic N) is 1. The molecule has 0 spiro atoms. The highest BCUT2D eigenvalue weighted by Crippen LogP contribution is 2.58. The third-order valence-electron chi connectivity index (χ3n) is 9.66.